The summed E-state index contributed by atoms with van der Waals surface area (Å²) in [6.45, 7) is 12.1. The van der Waals surface area contributed by atoms with E-state index < -0.39 is 11.7 Å². The van der Waals surface area contributed by atoms with Gasteiger partial charge in [0.05, 0.1) is 5.56 Å². The molecule has 8 heteroatoms. The van der Waals surface area contributed by atoms with Gasteiger partial charge >= 0.3 is 6.18 Å². The van der Waals surface area contributed by atoms with Crippen LogP contribution < -0.4 is 10.2 Å². The molecular weight excluding hydrogens is 383 g/mol. The molecule has 2 aliphatic rings. The third-order valence-electron chi connectivity index (χ3n) is 4.86. The fourth-order valence-electron chi connectivity index (χ4n) is 3.38. The van der Waals surface area contributed by atoms with Gasteiger partial charge in [-0.1, -0.05) is 6.07 Å². The Balaban J connectivity index is 0.000000370. The zero-order chi connectivity index (χ0) is 21.5. The molecule has 0 aliphatic carbocycles. The molecule has 1 N–H and O–H groups in total. The van der Waals surface area contributed by atoms with Crippen LogP contribution in [-0.4, -0.2) is 56.2 Å². The number of ether oxygens (including phenoxy) is 1. The molecular formula is C21H32F3N3O2. The van der Waals surface area contributed by atoms with Crippen molar-refractivity contribution in [2.45, 2.75) is 51.9 Å². The average molecular weight is 416 g/mol. The Morgan fingerprint density at radius 1 is 1.07 bits per heavy atom. The molecule has 0 amide bonds. The molecule has 2 aliphatic heterocycles. The van der Waals surface area contributed by atoms with Crippen molar-refractivity contribution >= 4 is 12.2 Å². The molecule has 0 spiro atoms. The van der Waals surface area contributed by atoms with Gasteiger partial charge in [0.1, 0.15) is 5.60 Å². The molecule has 2 heterocycles. The number of nitrogens with one attached hydrogen (secondary N) is 1. The van der Waals surface area contributed by atoms with E-state index in [4.69, 9.17) is 0 Å². The SMILES string of the molecule is CC(C)(C)OC=O.FC(F)(F)c1ccc(CN2CCNCC2)c(N2CCCC2)c1. The highest BCUT2D eigenvalue weighted by Gasteiger charge is 2.32. The van der Waals surface area contributed by atoms with E-state index in [-0.39, 0.29) is 5.60 Å². The topological polar surface area (TPSA) is 44.8 Å². The van der Waals surface area contributed by atoms with Crippen molar-refractivity contribution in [3.05, 3.63) is 29.3 Å². The molecule has 0 aromatic heterocycles. The Kier molecular flexibility index (Phi) is 8.34. The van der Waals surface area contributed by atoms with Crippen molar-refractivity contribution in [3.63, 3.8) is 0 Å². The van der Waals surface area contributed by atoms with Crippen LogP contribution in [-0.2, 0) is 22.3 Å². The van der Waals surface area contributed by atoms with E-state index in [1.807, 2.05) is 20.8 Å². The first-order valence-corrected chi connectivity index (χ1v) is 10.1. The number of alkyl halides is 3. The first kappa shape index (κ1) is 23.5. The lowest BCUT2D eigenvalue weighted by Crippen LogP contribution is -2.43. The summed E-state index contributed by atoms with van der Waals surface area (Å²) in [5.74, 6) is 0. The second kappa shape index (κ2) is 10.3. The number of nitrogens with zero attached hydrogens (tertiary/aromatic N) is 2. The van der Waals surface area contributed by atoms with Crippen LogP contribution in [0.1, 0.15) is 44.7 Å². The summed E-state index contributed by atoms with van der Waals surface area (Å²) in [4.78, 5) is 14.0. The second-order valence-corrected chi connectivity index (χ2v) is 8.39. The maximum atomic E-state index is 13.0. The Hall–Kier alpha value is -1.80. The van der Waals surface area contributed by atoms with Gasteiger partial charge in [-0.2, -0.15) is 13.2 Å². The fraction of sp³-hybridized carbons (Fsp3) is 0.667. The number of carbonyl (C=O) groups is 1. The molecule has 2 saturated heterocycles. The highest BCUT2D eigenvalue weighted by atomic mass is 19.4. The third-order valence-corrected chi connectivity index (χ3v) is 4.86. The summed E-state index contributed by atoms with van der Waals surface area (Å²) in [6.07, 6.45) is -2.16. The van der Waals surface area contributed by atoms with Crippen molar-refractivity contribution in [3.8, 4) is 0 Å². The van der Waals surface area contributed by atoms with Gasteiger partial charge in [-0.25, -0.2) is 0 Å². The fourth-order valence-corrected chi connectivity index (χ4v) is 3.38. The van der Waals surface area contributed by atoms with Crippen molar-refractivity contribution in [1.82, 2.24) is 10.2 Å². The number of anilines is 1. The van der Waals surface area contributed by atoms with E-state index in [1.165, 1.54) is 12.1 Å². The van der Waals surface area contributed by atoms with Crippen LogP contribution in [0.15, 0.2) is 18.2 Å². The molecule has 0 unspecified atom stereocenters. The van der Waals surface area contributed by atoms with Crippen LogP contribution in [0, 0.1) is 0 Å². The summed E-state index contributed by atoms with van der Waals surface area (Å²) in [6, 6.07) is 4.22. The smallest absolute Gasteiger partial charge is 0.416 e. The predicted octanol–water partition coefficient (Wildman–Crippen LogP) is 3.67. The minimum atomic E-state index is -4.28. The molecule has 0 atom stereocenters. The van der Waals surface area contributed by atoms with Gasteiger partial charge in [0.25, 0.3) is 6.47 Å². The molecule has 1 aromatic rings. The third kappa shape index (κ3) is 7.85. The summed E-state index contributed by atoms with van der Waals surface area (Å²) in [5, 5.41) is 3.30. The molecule has 0 radical (unpaired) electrons. The normalized spacial score (nSPS) is 18.2. The Labute approximate surface area is 171 Å². The lowest BCUT2D eigenvalue weighted by atomic mass is 10.1. The monoisotopic (exact) mass is 415 g/mol. The molecule has 0 saturated carbocycles. The van der Waals surface area contributed by atoms with E-state index >= 15 is 0 Å². The van der Waals surface area contributed by atoms with E-state index in [0.717, 1.165) is 69.9 Å². The standard InChI is InChI=1S/C16H22F3N3.C5H10O2/c17-16(18,19)14-4-3-13(12-21-9-5-20-6-10-21)15(11-14)22-7-1-2-8-22;1-5(2,3)7-4-6/h3-4,11,20H,1-2,5-10,12H2;4H,1-3H3. The Bertz CT molecular complexity index is 648. The van der Waals surface area contributed by atoms with Gasteiger partial charge in [-0.3, -0.25) is 9.69 Å². The predicted molar refractivity (Wildman–Crippen MR) is 108 cm³/mol. The van der Waals surface area contributed by atoms with Crippen LogP contribution >= 0.6 is 0 Å². The van der Waals surface area contributed by atoms with Gasteiger partial charge in [-0.05, 0) is 51.3 Å². The number of benzene rings is 1. The maximum Gasteiger partial charge on any atom is 0.416 e. The zero-order valence-electron chi connectivity index (χ0n) is 17.5. The number of rotatable bonds is 4. The quantitative estimate of drug-likeness (QED) is 0.761. The minimum Gasteiger partial charge on any atom is -0.462 e. The molecule has 2 fully saturated rings. The Morgan fingerprint density at radius 2 is 1.69 bits per heavy atom. The summed E-state index contributed by atoms with van der Waals surface area (Å²) in [5.41, 5.74) is 0.919. The molecule has 5 nitrogen and oxygen atoms in total. The van der Waals surface area contributed by atoms with Gasteiger partial charge in [-0.15, -0.1) is 0 Å². The Morgan fingerprint density at radius 3 is 2.17 bits per heavy atom. The van der Waals surface area contributed by atoms with E-state index in [0.29, 0.717) is 6.47 Å². The van der Waals surface area contributed by atoms with Gasteiger partial charge in [0.2, 0.25) is 0 Å². The largest absolute Gasteiger partial charge is 0.462 e. The van der Waals surface area contributed by atoms with Gasteiger partial charge in [0.15, 0.2) is 0 Å². The van der Waals surface area contributed by atoms with Crippen molar-refractivity contribution < 1.29 is 22.7 Å². The van der Waals surface area contributed by atoms with Gasteiger partial charge < -0.3 is 15.0 Å². The number of piperazine rings is 1. The average Bonchev–Trinajstić information content (AvgIpc) is 3.16. The van der Waals surface area contributed by atoms with Crippen LogP contribution in [0.4, 0.5) is 18.9 Å². The first-order chi connectivity index (χ1) is 13.6. The molecule has 29 heavy (non-hydrogen) atoms. The lowest BCUT2D eigenvalue weighted by molar-refractivity contribution is -0.139. The van der Waals surface area contributed by atoms with Crippen LogP contribution in [0.3, 0.4) is 0 Å². The molecule has 164 valence electrons. The van der Waals surface area contributed by atoms with Crippen molar-refractivity contribution in [1.29, 1.82) is 0 Å². The van der Waals surface area contributed by atoms with E-state index in [1.54, 1.807) is 6.07 Å². The number of hydrogen-bond acceptors (Lipinski definition) is 5. The van der Waals surface area contributed by atoms with Crippen molar-refractivity contribution in [2.75, 3.05) is 44.2 Å². The summed E-state index contributed by atoms with van der Waals surface area (Å²) < 4.78 is 43.6. The van der Waals surface area contributed by atoms with Gasteiger partial charge in [0, 0.05) is 51.5 Å². The highest BCUT2D eigenvalue weighted by Crippen LogP contribution is 2.35. The second-order valence-electron chi connectivity index (χ2n) is 8.39. The van der Waals surface area contributed by atoms with E-state index in [2.05, 4.69) is 19.9 Å². The molecule has 0 bridgehead atoms. The van der Waals surface area contributed by atoms with Crippen LogP contribution in [0.5, 0.6) is 0 Å². The number of carbonyl (C=O) groups excluding carboxylic acids is 1. The highest BCUT2D eigenvalue weighted by molar-refractivity contribution is 5.56. The first-order valence-electron chi connectivity index (χ1n) is 10.1. The minimum absolute atomic E-state index is 0.318. The summed E-state index contributed by atoms with van der Waals surface area (Å²) in [7, 11) is 0. The van der Waals surface area contributed by atoms with Crippen LogP contribution in [0.2, 0.25) is 0 Å². The van der Waals surface area contributed by atoms with Crippen molar-refractivity contribution in [2.24, 2.45) is 0 Å². The van der Waals surface area contributed by atoms with E-state index in [9.17, 15) is 18.0 Å². The zero-order valence-corrected chi connectivity index (χ0v) is 17.5. The number of halogens is 3. The molecule has 1 aromatic carbocycles. The maximum absolute atomic E-state index is 13.0. The van der Waals surface area contributed by atoms with Crippen LogP contribution in [0.25, 0.3) is 0 Å². The number of hydrogen-bond donors (Lipinski definition) is 1. The lowest BCUT2D eigenvalue weighted by Gasteiger charge is -2.30. The molecule has 3 rings (SSSR count). The summed E-state index contributed by atoms with van der Waals surface area (Å²) >= 11 is 0.